The first-order valence-electron chi connectivity index (χ1n) is 4.92. The highest BCUT2D eigenvalue weighted by molar-refractivity contribution is 14.1. The summed E-state index contributed by atoms with van der Waals surface area (Å²) in [7, 11) is 0. The first-order chi connectivity index (χ1) is 7.52. The number of nitrogens with zero attached hydrogens (tertiary/aromatic N) is 2. The van der Waals surface area contributed by atoms with Crippen molar-refractivity contribution in [1.29, 1.82) is 0 Å². The van der Waals surface area contributed by atoms with Gasteiger partial charge in [0.15, 0.2) is 0 Å². The maximum absolute atomic E-state index is 11.6. The highest BCUT2D eigenvalue weighted by atomic mass is 127. The molecule has 2 heterocycles. The molecule has 5 heteroatoms. The van der Waals surface area contributed by atoms with E-state index in [0.29, 0.717) is 5.56 Å². The van der Waals surface area contributed by atoms with E-state index in [9.17, 15) is 4.79 Å². The molecule has 0 radical (unpaired) electrons. The van der Waals surface area contributed by atoms with E-state index >= 15 is 0 Å². The molecule has 0 aliphatic rings. The molecule has 2 rings (SSSR count). The maximum Gasteiger partial charge on any atom is 0.252 e. The van der Waals surface area contributed by atoms with E-state index in [1.807, 2.05) is 31.4 Å². The monoisotopic (exact) mass is 329 g/mol. The molecule has 16 heavy (non-hydrogen) atoms. The lowest BCUT2D eigenvalue weighted by Crippen LogP contribution is -2.13. The second-order valence-electron chi connectivity index (χ2n) is 3.69. The fourth-order valence-corrected chi connectivity index (χ4v) is 2.34. The minimum Gasteiger partial charge on any atom is -0.329 e. The van der Waals surface area contributed by atoms with Gasteiger partial charge >= 0.3 is 0 Å². The van der Waals surface area contributed by atoms with Gasteiger partial charge in [0.05, 0.1) is 11.4 Å². The lowest BCUT2D eigenvalue weighted by Gasteiger charge is -2.09. The van der Waals surface area contributed by atoms with Crippen LogP contribution in [-0.4, -0.2) is 14.5 Å². The van der Waals surface area contributed by atoms with Crippen LogP contribution in [-0.2, 0) is 0 Å². The molecule has 0 fully saturated rings. The molecule has 0 amide bonds. The number of nitrogens with one attached hydrogen (secondary N) is 1. The van der Waals surface area contributed by atoms with Gasteiger partial charge < -0.3 is 4.98 Å². The molecule has 84 valence electrons. The van der Waals surface area contributed by atoms with Gasteiger partial charge in [-0.25, -0.2) is 4.98 Å². The second kappa shape index (κ2) is 4.04. The summed E-state index contributed by atoms with van der Waals surface area (Å²) >= 11 is 2.20. The quantitative estimate of drug-likeness (QED) is 0.815. The maximum atomic E-state index is 11.6. The third-order valence-corrected chi connectivity index (χ3v) is 3.66. The summed E-state index contributed by atoms with van der Waals surface area (Å²) in [6.07, 6.45) is 1.66. The van der Waals surface area contributed by atoms with Crippen molar-refractivity contribution in [2.24, 2.45) is 0 Å². The second-order valence-corrected chi connectivity index (χ2v) is 4.71. The van der Waals surface area contributed by atoms with Crippen molar-refractivity contribution < 1.29 is 0 Å². The number of H-pyrrole nitrogens is 1. The Morgan fingerprint density at radius 3 is 2.62 bits per heavy atom. The summed E-state index contributed by atoms with van der Waals surface area (Å²) in [5.41, 5.74) is 2.61. The number of halogens is 1. The molecule has 0 bridgehead atoms. The number of rotatable bonds is 1. The molecule has 0 aliphatic carbocycles. The van der Waals surface area contributed by atoms with Crippen molar-refractivity contribution in [3.63, 3.8) is 0 Å². The summed E-state index contributed by atoms with van der Waals surface area (Å²) in [6, 6.07) is 1.90. The van der Waals surface area contributed by atoms with E-state index in [0.717, 1.165) is 20.9 Å². The van der Waals surface area contributed by atoms with Crippen molar-refractivity contribution in [2.75, 3.05) is 0 Å². The number of imidazole rings is 1. The van der Waals surface area contributed by atoms with Gasteiger partial charge in [-0.3, -0.25) is 9.36 Å². The first-order valence-corrected chi connectivity index (χ1v) is 6.00. The predicted molar refractivity (Wildman–Crippen MR) is 71.1 cm³/mol. The fourth-order valence-electron chi connectivity index (χ4n) is 1.75. The normalized spacial score (nSPS) is 10.8. The summed E-state index contributed by atoms with van der Waals surface area (Å²) in [5.74, 6) is 0.899. The molecular weight excluding hydrogens is 317 g/mol. The van der Waals surface area contributed by atoms with Crippen molar-refractivity contribution >= 4 is 22.6 Å². The van der Waals surface area contributed by atoms with Crippen LogP contribution in [0.4, 0.5) is 0 Å². The molecule has 1 N–H and O–H groups in total. The van der Waals surface area contributed by atoms with Gasteiger partial charge in [0.2, 0.25) is 0 Å². The van der Waals surface area contributed by atoms with Crippen LogP contribution in [0.5, 0.6) is 0 Å². The third-order valence-electron chi connectivity index (χ3n) is 2.64. The van der Waals surface area contributed by atoms with Gasteiger partial charge in [-0.05, 0) is 49.4 Å². The van der Waals surface area contributed by atoms with E-state index in [2.05, 4.69) is 32.6 Å². The standard InChI is InChI=1S/C11H12IN3O/c1-6-9(4-5-13-11(6)16)15-7(2)10(12)14-8(15)3/h4-5H,1-3H3,(H,13,16). The Bertz CT molecular complexity index is 598. The van der Waals surface area contributed by atoms with Gasteiger partial charge in [-0.2, -0.15) is 0 Å². The average molecular weight is 329 g/mol. The zero-order valence-corrected chi connectivity index (χ0v) is 11.5. The van der Waals surface area contributed by atoms with Gasteiger partial charge in [0.1, 0.15) is 9.53 Å². The zero-order valence-electron chi connectivity index (χ0n) is 9.34. The summed E-state index contributed by atoms with van der Waals surface area (Å²) < 4.78 is 2.97. The lowest BCUT2D eigenvalue weighted by molar-refractivity contribution is 0.920. The van der Waals surface area contributed by atoms with E-state index in [-0.39, 0.29) is 5.56 Å². The van der Waals surface area contributed by atoms with Gasteiger partial charge in [-0.15, -0.1) is 0 Å². The number of aryl methyl sites for hydroxylation is 1. The van der Waals surface area contributed by atoms with E-state index in [1.165, 1.54) is 0 Å². The van der Waals surface area contributed by atoms with Crippen molar-refractivity contribution in [1.82, 2.24) is 14.5 Å². The van der Waals surface area contributed by atoms with Crippen LogP contribution in [0.25, 0.3) is 5.69 Å². The van der Waals surface area contributed by atoms with E-state index in [4.69, 9.17) is 0 Å². The molecule has 0 saturated carbocycles. The minimum atomic E-state index is -0.0555. The summed E-state index contributed by atoms with van der Waals surface area (Å²) in [4.78, 5) is 18.6. The van der Waals surface area contributed by atoms with Crippen molar-refractivity contribution in [3.8, 4) is 5.69 Å². The Morgan fingerprint density at radius 1 is 1.38 bits per heavy atom. The molecule has 4 nitrogen and oxygen atoms in total. The fraction of sp³-hybridized carbons (Fsp3) is 0.273. The molecule has 0 aliphatic heterocycles. The Kier molecular flexibility index (Phi) is 2.88. The average Bonchev–Trinajstić information content (AvgIpc) is 2.47. The Hall–Kier alpha value is -1.11. The Labute approximate surface area is 107 Å². The summed E-state index contributed by atoms with van der Waals surface area (Å²) in [6.45, 7) is 5.76. The Balaban J connectivity index is 2.77. The number of pyridine rings is 1. The van der Waals surface area contributed by atoms with Gasteiger partial charge in [-0.1, -0.05) is 0 Å². The van der Waals surface area contributed by atoms with Crippen LogP contribution in [0.1, 0.15) is 17.1 Å². The van der Waals surface area contributed by atoms with E-state index < -0.39 is 0 Å². The van der Waals surface area contributed by atoms with Crippen molar-refractivity contribution in [3.05, 3.63) is 43.4 Å². The molecule has 0 saturated heterocycles. The zero-order chi connectivity index (χ0) is 11.9. The van der Waals surface area contributed by atoms with Gasteiger partial charge in [0, 0.05) is 11.8 Å². The highest BCUT2D eigenvalue weighted by Crippen LogP contribution is 2.19. The molecule has 2 aromatic rings. The molecule has 0 unspecified atom stereocenters. The SMILES string of the molecule is Cc1c(-n2c(C)nc(I)c2C)cc[nH]c1=O. The molecule has 0 atom stereocenters. The third kappa shape index (κ3) is 1.68. The van der Waals surface area contributed by atoms with Crippen LogP contribution in [0.15, 0.2) is 17.1 Å². The lowest BCUT2D eigenvalue weighted by atomic mass is 10.2. The number of hydrogen-bond donors (Lipinski definition) is 1. The predicted octanol–water partition coefficient (Wildman–Crippen LogP) is 2.09. The van der Waals surface area contributed by atoms with E-state index in [1.54, 1.807) is 6.20 Å². The van der Waals surface area contributed by atoms with Crippen LogP contribution in [0, 0.1) is 24.5 Å². The highest BCUT2D eigenvalue weighted by Gasteiger charge is 2.12. The molecular formula is C11H12IN3O. The molecule has 0 aromatic carbocycles. The Morgan fingerprint density at radius 2 is 2.06 bits per heavy atom. The number of aromatic nitrogens is 3. The van der Waals surface area contributed by atoms with Crippen LogP contribution in [0.2, 0.25) is 0 Å². The molecule has 2 aromatic heterocycles. The largest absolute Gasteiger partial charge is 0.329 e. The smallest absolute Gasteiger partial charge is 0.252 e. The summed E-state index contributed by atoms with van der Waals surface area (Å²) in [5, 5.41) is 0. The minimum absolute atomic E-state index is 0.0555. The van der Waals surface area contributed by atoms with Crippen LogP contribution in [0.3, 0.4) is 0 Å². The topological polar surface area (TPSA) is 50.7 Å². The van der Waals surface area contributed by atoms with Crippen LogP contribution >= 0.6 is 22.6 Å². The van der Waals surface area contributed by atoms with Crippen LogP contribution < -0.4 is 5.56 Å². The van der Waals surface area contributed by atoms with Gasteiger partial charge in [0.25, 0.3) is 5.56 Å². The first kappa shape index (κ1) is 11.4. The number of hydrogen-bond acceptors (Lipinski definition) is 2. The van der Waals surface area contributed by atoms with Crippen molar-refractivity contribution in [2.45, 2.75) is 20.8 Å². The number of aromatic amines is 1. The molecule has 0 spiro atoms.